The summed E-state index contributed by atoms with van der Waals surface area (Å²) in [6.07, 6.45) is 0. The second-order valence-electron chi connectivity index (χ2n) is 14.4. The maximum Gasteiger partial charge on any atom is 3.00 e. The molecule has 0 heterocycles. The molecule has 0 N–H and O–H groups in total. The zero-order chi connectivity index (χ0) is 38.3. The second-order valence-corrected chi connectivity index (χ2v) is 18.8. The van der Waals surface area contributed by atoms with Gasteiger partial charge in [-0.25, -0.2) is 0 Å². The van der Waals surface area contributed by atoms with Crippen LogP contribution in [0.25, 0.3) is 32.7 Å². The SMILES string of the molecule is Cc1ccc(C(C)C)cc1.[Cl-].[Cl-].[Ru+3].c1ccc(P(c2ccccc2)c2ccc3ccccc3c2-c2c(P(c3ccccc3)c3ccccc3)ccc3ccccc23)cc1. The Hall–Kier alpha value is -4.44. The molecule has 0 amide bonds. The Bertz CT molecular complexity index is 2430. The van der Waals surface area contributed by atoms with Crippen molar-refractivity contribution in [3.8, 4) is 11.1 Å². The van der Waals surface area contributed by atoms with Crippen LogP contribution in [-0.4, -0.2) is 0 Å². The molecule has 0 nitrogen and oxygen atoms in total. The molecule has 0 aliphatic carbocycles. The molecule has 0 aromatic heterocycles. The van der Waals surface area contributed by atoms with Gasteiger partial charge in [0.05, 0.1) is 0 Å². The van der Waals surface area contributed by atoms with Crippen molar-refractivity contribution in [2.24, 2.45) is 0 Å². The van der Waals surface area contributed by atoms with E-state index in [1.54, 1.807) is 0 Å². The van der Waals surface area contributed by atoms with Crippen LogP contribution < -0.4 is 56.6 Å². The Balaban J connectivity index is 0.000000450. The van der Waals surface area contributed by atoms with Crippen LogP contribution in [0, 0.1) is 6.92 Å². The Morgan fingerprint density at radius 3 is 0.966 bits per heavy atom. The molecule has 0 aliphatic rings. The molecule has 9 rings (SSSR count). The summed E-state index contributed by atoms with van der Waals surface area (Å²) in [7, 11) is -1.70. The molecule has 293 valence electrons. The summed E-state index contributed by atoms with van der Waals surface area (Å²) in [4.78, 5) is 0. The van der Waals surface area contributed by atoms with Crippen molar-refractivity contribution >= 4 is 69.2 Å². The van der Waals surface area contributed by atoms with Crippen LogP contribution in [0.1, 0.15) is 30.9 Å². The van der Waals surface area contributed by atoms with Gasteiger partial charge < -0.3 is 24.8 Å². The third kappa shape index (κ3) is 10.3. The first-order valence-electron chi connectivity index (χ1n) is 19.5. The van der Waals surface area contributed by atoms with E-state index >= 15 is 0 Å². The standard InChI is InChI=1S/C44H32P2.C10H14.2ClH.Ru/c1-5-19-35(20-6-1)45(36-21-7-2-8-22-36)41-31-29-33-17-13-15-27-39(33)43(41)44-40-28-16-14-18-34(40)30-32-42(44)46(37-23-9-3-10-24-37)38-25-11-4-12-26-38;1-8(2)10-6-4-9(3)5-7-10;;;/h1-32H;4-8H,1-3H3;2*1H;/q;;;;+3/p-2. The zero-order valence-corrected chi connectivity index (χ0v) is 38.4. The molecule has 0 unspecified atom stereocenters. The van der Waals surface area contributed by atoms with Gasteiger partial charge in [-0.1, -0.05) is 238 Å². The largest absolute Gasteiger partial charge is 3.00 e. The molecular formula is C54H46Cl2P2Ru+. The van der Waals surface area contributed by atoms with E-state index in [4.69, 9.17) is 0 Å². The third-order valence-corrected chi connectivity index (χ3v) is 15.3. The fourth-order valence-corrected chi connectivity index (χ4v) is 12.5. The predicted octanol–water partition coefficient (Wildman–Crippen LogP) is 6.30. The summed E-state index contributed by atoms with van der Waals surface area (Å²) < 4.78 is 0. The Kier molecular flexibility index (Phi) is 16.8. The van der Waals surface area contributed by atoms with Crippen LogP contribution in [-0.2, 0) is 19.5 Å². The fourth-order valence-electron chi connectivity index (χ4n) is 7.53. The summed E-state index contributed by atoms with van der Waals surface area (Å²) >= 11 is 0. The van der Waals surface area contributed by atoms with Crippen molar-refractivity contribution in [2.75, 3.05) is 0 Å². The van der Waals surface area contributed by atoms with Gasteiger partial charge in [0.15, 0.2) is 0 Å². The van der Waals surface area contributed by atoms with Crippen LogP contribution in [0.5, 0.6) is 0 Å². The summed E-state index contributed by atoms with van der Waals surface area (Å²) in [5.74, 6) is 0.653. The first-order valence-corrected chi connectivity index (χ1v) is 22.2. The van der Waals surface area contributed by atoms with E-state index in [0.717, 1.165) is 0 Å². The number of benzene rings is 9. The van der Waals surface area contributed by atoms with Gasteiger partial charge in [0.2, 0.25) is 0 Å². The van der Waals surface area contributed by atoms with Crippen molar-refractivity contribution < 1.29 is 44.3 Å². The molecule has 0 saturated carbocycles. The molecule has 9 aromatic carbocycles. The van der Waals surface area contributed by atoms with Gasteiger partial charge in [0.25, 0.3) is 0 Å². The van der Waals surface area contributed by atoms with Gasteiger partial charge in [-0.2, -0.15) is 0 Å². The first kappa shape index (κ1) is 45.6. The van der Waals surface area contributed by atoms with Crippen molar-refractivity contribution in [3.63, 3.8) is 0 Å². The van der Waals surface area contributed by atoms with Crippen molar-refractivity contribution in [3.05, 3.63) is 230 Å². The van der Waals surface area contributed by atoms with E-state index in [9.17, 15) is 0 Å². The minimum atomic E-state index is -0.852. The van der Waals surface area contributed by atoms with Crippen molar-refractivity contribution in [1.29, 1.82) is 0 Å². The molecule has 9 aromatic rings. The molecule has 0 spiro atoms. The minimum absolute atomic E-state index is 0. The Labute approximate surface area is 378 Å². The molecule has 5 heteroatoms. The molecule has 59 heavy (non-hydrogen) atoms. The van der Waals surface area contributed by atoms with E-state index in [-0.39, 0.29) is 44.3 Å². The number of hydrogen-bond acceptors (Lipinski definition) is 0. The van der Waals surface area contributed by atoms with Crippen molar-refractivity contribution in [2.45, 2.75) is 26.7 Å². The minimum Gasteiger partial charge on any atom is -1.00 e. The number of hydrogen-bond donors (Lipinski definition) is 0. The molecule has 0 saturated heterocycles. The number of rotatable bonds is 8. The van der Waals surface area contributed by atoms with Gasteiger partial charge in [0, 0.05) is 0 Å². The van der Waals surface area contributed by atoms with Crippen molar-refractivity contribution in [1.82, 2.24) is 0 Å². The molecule has 0 atom stereocenters. The molecular weight excluding hydrogens is 883 g/mol. The maximum absolute atomic E-state index is 2.42. The van der Waals surface area contributed by atoms with E-state index in [2.05, 4.69) is 239 Å². The molecule has 1 radical (unpaired) electrons. The Morgan fingerprint density at radius 1 is 0.339 bits per heavy atom. The number of fused-ring (bicyclic) bond motifs is 2. The second kappa shape index (κ2) is 21.7. The van der Waals surface area contributed by atoms with Gasteiger partial charge in [-0.15, -0.1) is 0 Å². The number of halogens is 2. The smallest absolute Gasteiger partial charge is 1.00 e. The Morgan fingerprint density at radius 2 is 0.644 bits per heavy atom. The average molecular weight is 929 g/mol. The van der Waals surface area contributed by atoms with Crippen LogP contribution in [0.4, 0.5) is 0 Å². The molecule has 0 fully saturated rings. The molecule has 0 bridgehead atoms. The third-order valence-electron chi connectivity index (χ3n) is 10.3. The summed E-state index contributed by atoms with van der Waals surface area (Å²) in [6.45, 7) is 6.54. The van der Waals surface area contributed by atoms with E-state index in [0.29, 0.717) is 5.92 Å². The van der Waals surface area contributed by atoms with E-state index in [1.165, 1.54) is 75.6 Å². The summed E-state index contributed by atoms with van der Waals surface area (Å²) in [6, 6.07) is 80.5. The maximum atomic E-state index is 2.42. The first-order chi connectivity index (χ1) is 27.6. The van der Waals surface area contributed by atoms with Gasteiger partial charge >= 0.3 is 19.5 Å². The topological polar surface area (TPSA) is 0 Å². The normalized spacial score (nSPS) is 10.7. The average Bonchev–Trinajstić information content (AvgIpc) is 3.26. The van der Waals surface area contributed by atoms with Gasteiger partial charge in [-0.05, 0) is 98.7 Å². The zero-order valence-electron chi connectivity index (χ0n) is 33.4. The summed E-state index contributed by atoms with van der Waals surface area (Å²) in [5.41, 5.74) is 5.46. The monoisotopic (exact) mass is 928 g/mol. The van der Waals surface area contributed by atoms with Gasteiger partial charge in [-0.3, -0.25) is 0 Å². The quantitative estimate of drug-likeness (QED) is 0.124. The van der Waals surface area contributed by atoms with Crippen LogP contribution >= 0.6 is 15.8 Å². The summed E-state index contributed by atoms with van der Waals surface area (Å²) in [5, 5.41) is 13.3. The van der Waals surface area contributed by atoms with Crippen LogP contribution in [0.15, 0.2) is 218 Å². The van der Waals surface area contributed by atoms with Crippen LogP contribution in [0.3, 0.4) is 0 Å². The predicted molar refractivity (Wildman–Crippen MR) is 250 cm³/mol. The van der Waals surface area contributed by atoms with Crippen LogP contribution in [0.2, 0.25) is 0 Å². The van der Waals surface area contributed by atoms with E-state index < -0.39 is 15.8 Å². The fraction of sp³-hybridized carbons (Fsp3) is 0.0741. The molecule has 0 aliphatic heterocycles. The number of aryl methyl sites for hydroxylation is 1. The van der Waals surface area contributed by atoms with Gasteiger partial charge in [0.1, 0.15) is 0 Å². The van der Waals surface area contributed by atoms with E-state index in [1.807, 2.05) is 0 Å².